The molecule has 5 aromatic heterocycles. The minimum Gasteiger partial charge on any atom is -0.368 e. The van der Waals surface area contributed by atoms with Gasteiger partial charge in [-0.05, 0) is 37.6 Å². The molecule has 0 spiro atoms. The van der Waals surface area contributed by atoms with Gasteiger partial charge < -0.3 is 20.3 Å². The number of halogens is 1. The van der Waals surface area contributed by atoms with Crippen LogP contribution < -0.4 is 15.5 Å². The highest BCUT2D eigenvalue weighted by Gasteiger charge is 2.42. The van der Waals surface area contributed by atoms with E-state index in [4.69, 9.17) is 9.72 Å². The smallest absolute Gasteiger partial charge is 0.252 e. The maximum Gasteiger partial charge on any atom is 0.252 e. The standard InChI is InChI=1S/C29H31FN10O2/c1-18-13-25(38-37-18)35-24-14-23-22(5-4-10-31-23)27(36-24)39-11-8-29(42-3,9-12-39)28(41)34-19(2)20-6-7-26(32-15-20)40-17-21(30)16-33-40/h4-7,10,13-17,19H,8-9,11-12H2,1-3H3,(H,34,41)(H2,35,36,37,38)/t19-/m0/s1. The largest absolute Gasteiger partial charge is 0.368 e. The minimum absolute atomic E-state index is 0.181. The normalized spacial score (nSPS) is 15.5. The van der Waals surface area contributed by atoms with E-state index in [1.54, 1.807) is 25.6 Å². The quantitative estimate of drug-likeness (QED) is 0.253. The molecule has 1 atom stereocenters. The Balaban J connectivity index is 1.16. The lowest BCUT2D eigenvalue weighted by atomic mass is 9.89. The van der Waals surface area contributed by atoms with Crippen molar-refractivity contribution < 1.29 is 13.9 Å². The van der Waals surface area contributed by atoms with Crippen molar-refractivity contribution in [3.05, 3.63) is 78.3 Å². The van der Waals surface area contributed by atoms with Gasteiger partial charge in [0.25, 0.3) is 5.91 Å². The average molecular weight is 571 g/mol. The number of methoxy groups -OCH3 is 1. The van der Waals surface area contributed by atoms with Crippen molar-refractivity contribution in [2.45, 2.75) is 38.3 Å². The molecule has 0 radical (unpaired) electrons. The molecule has 1 aliphatic rings. The van der Waals surface area contributed by atoms with Gasteiger partial charge in [0.05, 0.1) is 24.0 Å². The maximum absolute atomic E-state index is 13.6. The number of carbonyl (C=O) groups excluding carboxylic acids is 1. The molecule has 0 saturated carbocycles. The molecule has 1 aliphatic heterocycles. The van der Waals surface area contributed by atoms with E-state index < -0.39 is 11.4 Å². The fourth-order valence-electron chi connectivity index (χ4n) is 5.21. The molecule has 12 nitrogen and oxygen atoms in total. The number of anilines is 3. The number of hydrogen-bond acceptors (Lipinski definition) is 9. The molecule has 1 saturated heterocycles. The van der Waals surface area contributed by atoms with Gasteiger partial charge in [-0.1, -0.05) is 6.07 Å². The zero-order valence-electron chi connectivity index (χ0n) is 23.5. The number of nitrogens with zero attached hydrogens (tertiary/aromatic N) is 7. The van der Waals surface area contributed by atoms with E-state index in [2.05, 4.69) is 40.8 Å². The average Bonchev–Trinajstić information content (AvgIpc) is 3.64. The second-order valence-corrected chi connectivity index (χ2v) is 10.4. The molecule has 0 unspecified atom stereocenters. The highest BCUT2D eigenvalue weighted by atomic mass is 19.1. The Morgan fingerprint density at radius 1 is 1.14 bits per heavy atom. The van der Waals surface area contributed by atoms with Gasteiger partial charge >= 0.3 is 0 Å². The van der Waals surface area contributed by atoms with Crippen LogP contribution in [-0.4, -0.2) is 66.6 Å². The maximum atomic E-state index is 13.6. The summed E-state index contributed by atoms with van der Waals surface area (Å²) in [5.74, 6) is 1.96. The third-order valence-electron chi connectivity index (χ3n) is 7.62. The summed E-state index contributed by atoms with van der Waals surface area (Å²) in [6.07, 6.45) is 6.74. The van der Waals surface area contributed by atoms with Crippen molar-refractivity contribution in [2.24, 2.45) is 0 Å². The molecule has 0 bridgehead atoms. The van der Waals surface area contributed by atoms with Crippen LogP contribution >= 0.6 is 0 Å². The summed E-state index contributed by atoms with van der Waals surface area (Å²) in [6.45, 7) is 4.95. The highest BCUT2D eigenvalue weighted by Crippen LogP contribution is 2.34. The topological polar surface area (TPSA) is 139 Å². The number of rotatable bonds is 8. The number of pyridine rings is 3. The molecule has 5 aromatic rings. The first-order valence-electron chi connectivity index (χ1n) is 13.7. The minimum atomic E-state index is -0.985. The molecule has 42 heavy (non-hydrogen) atoms. The molecule has 1 amide bonds. The SMILES string of the molecule is COC1(C(=O)N[C@@H](C)c2ccc(-n3cc(F)cn3)nc2)CCN(c2nc(Nc3cc(C)[nH]n3)cc3ncccc23)CC1. The van der Waals surface area contributed by atoms with Crippen LogP contribution in [0.1, 0.15) is 37.1 Å². The molecule has 6 heterocycles. The second-order valence-electron chi connectivity index (χ2n) is 10.4. The molecule has 1 fully saturated rings. The number of hydrogen-bond donors (Lipinski definition) is 3. The number of H-pyrrole nitrogens is 1. The molecule has 13 heteroatoms. The van der Waals surface area contributed by atoms with Gasteiger partial charge in [-0.15, -0.1) is 0 Å². The Morgan fingerprint density at radius 3 is 2.64 bits per heavy atom. The van der Waals surface area contributed by atoms with Crippen LogP contribution in [0, 0.1) is 12.7 Å². The number of aromatic nitrogens is 7. The van der Waals surface area contributed by atoms with Crippen LogP contribution in [0.4, 0.5) is 21.8 Å². The first-order valence-corrected chi connectivity index (χ1v) is 13.7. The van der Waals surface area contributed by atoms with Gasteiger partial charge in [-0.2, -0.15) is 10.2 Å². The molecule has 6 rings (SSSR count). The lowest BCUT2D eigenvalue weighted by Crippen LogP contribution is -2.55. The van der Waals surface area contributed by atoms with Crippen molar-refractivity contribution in [1.82, 2.24) is 40.2 Å². The van der Waals surface area contributed by atoms with Gasteiger partial charge in [-0.25, -0.2) is 19.0 Å². The summed E-state index contributed by atoms with van der Waals surface area (Å²) < 4.78 is 20.5. The second kappa shape index (κ2) is 11.2. The number of carbonyl (C=O) groups is 1. The fourth-order valence-corrected chi connectivity index (χ4v) is 5.21. The Labute approximate surface area is 241 Å². The van der Waals surface area contributed by atoms with Gasteiger partial charge in [0, 0.05) is 68.6 Å². The Hall–Kier alpha value is -4.91. The van der Waals surface area contributed by atoms with Gasteiger partial charge in [0.2, 0.25) is 0 Å². The van der Waals surface area contributed by atoms with Crippen molar-refractivity contribution >= 4 is 34.3 Å². The number of nitrogens with one attached hydrogen (secondary N) is 3. The fraction of sp³-hybridized carbons (Fsp3) is 0.310. The summed E-state index contributed by atoms with van der Waals surface area (Å²) in [5, 5.41) is 18.4. The number of aryl methyl sites for hydroxylation is 1. The van der Waals surface area contributed by atoms with E-state index in [9.17, 15) is 9.18 Å². The van der Waals surface area contributed by atoms with E-state index in [-0.39, 0.29) is 11.9 Å². The lowest BCUT2D eigenvalue weighted by molar-refractivity contribution is -0.146. The molecule has 0 aliphatic carbocycles. The Morgan fingerprint density at radius 2 is 1.98 bits per heavy atom. The van der Waals surface area contributed by atoms with Gasteiger partial charge in [0.1, 0.15) is 17.2 Å². The lowest BCUT2D eigenvalue weighted by Gasteiger charge is -2.40. The first-order chi connectivity index (χ1) is 20.3. The van der Waals surface area contributed by atoms with Crippen molar-refractivity contribution in [3.63, 3.8) is 0 Å². The van der Waals surface area contributed by atoms with Gasteiger partial charge in [-0.3, -0.25) is 14.9 Å². The molecule has 0 aromatic carbocycles. The summed E-state index contributed by atoms with van der Waals surface area (Å²) in [7, 11) is 1.58. The van der Waals surface area contributed by atoms with Crippen LogP contribution in [0.3, 0.4) is 0 Å². The van der Waals surface area contributed by atoms with Crippen LogP contribution in [0.5, 0.6) is 0 Å². The Bertz CT molecular complexity index is 1710. The van der Waals surface area contributed by atoms with E-state index in [1.165, 1.54) is 10.9 Å². The van der Waals surface area contributed by atoms with Crippen LogP contribution in [0.25, 0.3) is 16.7 Å². The predicted octanol–water partition coefficient (Wildman–Crippen LogP) is 3.99. The summed E-state index contributed by atoms with van der Waals surface area (Å²) in [6, 6.07) is 11.0. The van der Waals surface area contributed by atoms with E-state index in [0.29, 0.717) is 43.4 Å². The number of aromatic amines is 1. The van der Waals surface area contributed by atoms with Crippen LogP contribution in [0.15, 0.2) is 61.2 Å². The number of ether oxygens (including phenoxy) is 1. The Kier molecular flexibility index (Phi) is 7.25. The first kappa shape index (κ1) is 27.3. The van der Waals surface area contributed by atoms with E-state index >= 15 is 0 Å². The van der Waals surface area contributed by atoms with Gasteiger partial charge in [0.15, 0.2) is 17.5 Å². The number of fused-ring (bicyclic) bond motifs is 1. The van der Waals surface area contributed by atoms with Crippen LogP contribution in [0.2, 0.25) is 0 Å². The van der Waals surface area contributed by atoms with Crippen LogP contribution in [-0.2, 0) is 9.53 Å². The molecular formula is C29H31FN10O2. The van der Waals surface area contributed by atoms with Crippen molar-refractivity contribution in [3.8, 4) is 5.82 Å². The molecular weight excluding hydrogens is 539 g/mol. The third-order valence-corrected chi connectivity index (χ3v) is 7.62. The molecule has 3 N–H and O–H groups in total. The molecule has 216 valence electrons. The van der Waals surface area contributed by atoms with Crippen molar-refractivity contribution in [1.29, 1.82) is 0 Å². The zero-order valence-corrected chi connectivity index (χ0v) is 23.5. The number of piperidine rings is 1. The van der Waals surface area contributed by atoms with E-state index in [0.717, 1.165) is 34.2 Å². The number of amides is 1. The monoisotopic (exact) mass is 570 g/mol. The highest BCUT2D eigenvalue weighted by molar-refractivity contribution is 5.92. The third kappa shape index (κ3) is 5.38. The zero-order chi connectivity index (χ0) is 29.3. The van der Waals surface area contributed by atoms with E-state index in [1.807, 2.05) is 44.2 Å². The predicted molar refractivity (Wildman–Crippen MR) is 155 cm³/mol. The van der Waals surface area contributed by atoms with Crippen molar-refractivity contribution in [2.75, 3.05) is 30.4 Å². The summed E-state index contributed by atoms with van der Waals surface area (Å²) in [5.41, 5.74) is 1.57. The summed E-state index contributed by atoms with van der Waals surface area (Å²) in [4.78, 5) is 29.6. The summed E-state index contributed by atoms with van der Waals surface area (Å²) >= 11 is 0.